The maximum absolute atomic E-state index is 3.35. The Morgan fingerprint density at radius 3 is 2.43 bits per heavy atom. The Labute approximate surface area is 94.4 Å². The van der Waals surface area contributed by atoms with Gasteiger partial charge in [-0.3, -0.25) is 0 Å². The van der Waals surface area contributed by atoms with Crippen molar-refractivity contribution < 1.29 is 0 Å². The molecule has 0 aliphatic heterocycles. The van der Waals surface area contributed by atoms with Crippen molar-refractivity contribution in [2.24, 2.45) is 5.92 Å². The molecule has 1 nitrogen and oxygen atoms in total. The largest absolute Gasteiger partial charge is 0.317 e. The van der Waals surface area contributed by atoms with Crippen molar-refractivity contribution in [3.63, 3.8) is 0 Å². The second-order valence-corrected chi connectivity index (χ2v) is 5.27. The van der Waals surface area contributed by atoms with Gasteiger partial charge in [0.2, 0.25) is 0 Å². The summed E-state index contributed by atoms with van der Waals surface area (Å²) in [5.41, 5.74) is 0. The van der Waals surface area contributed by atoms with Gasteiger partial charge >= 0.3 is 0 Å². The van der Waals surface area contributed by atoms with Crippen LogP contribution in [0.25, 0.3) is 0 Å². The molecule has 0 aliphatic rings. The van der Waals surface area contributed by atoms with Crippen LogP contribution in [0.3, 0.4) is 0 Å². The molecule has 0 aliphatic carbocycles. The molecular weight excluding hydrogens is 190 g/mol. The summed E-state index contributed by atoms with van der Waals surface area (Å²) in [6, 6.07) is 0.735. The molecule has 0 radical (unpaired) electrons. The molecule has 0 saturated heterocycles. The third-order valence-corrected chi connectivity index (χ3v) is 4.22. The number of nitrogens with one attached hydrogen (secondary N) is 1. The van der Waals surface area contributed by atoms with E-state index in [9.17, 15) is 0 Å². The van der Waals surface area contributed by atoms with E-state index in [0.29, 0.717) is 0 Å². The van der Waals surface area contributed by atoms with Gasteiger partial charge in [-0.05, 0) is 43.7 Å². The summed E-state index contributed by atoms with van der Waals surface area (Å²) in [4.78, 5) is 0. The summed E-state index contributed by atoms with van der Waals surface area (Å²) in [5.74, 6) is 3.57. The number of thioether (sulfide) groups is 1. The molecule has 2 unspecified atom stereocenters. The SMILES string of the molecule is CCC(C)CSCCCC(CC)NC. The summed E-state index contributed by atoms with van der Waals surface area (Å²) in [6.45, 7) is 6.88. The van der Waals surface area contributed by atoms with Gasteiger partial charge in [-0.25, -0.2) is 0 Å². The third kappa shape index (κ3) is 7.69. The predicted octanol–water partition coefficient (Wildman–Crippen LogP) is 3.54. The van der Waals surface area contributed by atoms with E-state index in [2.05, 4.69) is 44.9 Å². The van der Waals surface area contributed by atoms with Crippen LogP contribution in [-0.4, -0.2) is 24.6 Å². The van der Waals surface area contributed by atoms with Crippen molar-refractivity contribution in [1.82, 2.24) is 5.32 Å². The van der Waals surface area contributed by atoms with Crippen LogP contribution in [0.2, 0.25) is 0 Å². The summed E-state index contributed by atoms with van der Waals surface area (Å²) in [7, 11) is 2.07. The summed E-state index contributed by atoms with van der Waals surface area (Å²) in [5, 5.41) is 3.35. The van der Waals surface area contributed by atoms with Crippen LogP contribution >= 0.6 is 11.8 Å². The maximum Gasteiger partial charge on any atom is 0.00617 e. The third-order valence-electron chi connectivity index (χ3n) is 2.84. The molecule has 1 N–H and O–H groups in total. The van der Waals surface area contributed by atoms with E-state index >= 15 is 0 Å². The van der Waals surface area contributed by atoms with Crippen LogP contribution < -0.4 is 5.32 Å². The van der Waals surface area contributed by atoms with Gasteiger partial charge in [0, 0.05) is 6.04 Å². The van der Waals surface area contributed by atoms with Gasteiger partial charge in [-0.2, -0.15) is 11.8 Å². The molecule has 0 rings (SSSR count). The smallest absolute Gasteiger partial charge is 0.00617 e. The summed E-state index contributed by atoms with van der Waals surface area (Å²) in [6.07, 6.45) is 5.27. The average molecular weight is 217 g/mol. The van der Waals surface area contributed by atoms with Crippen molar-refractivity contribution in [2.45, 2.75) is 52.5 Å². The van der Waals surface area contributed by atoms with Crippen LogP contribution in [0, 0.1) is 5.92 Å². The minimum absolute atomic E-state index is 0.735. The molecule has 0 spiro atoms. The zero-order valence-corrected chi connectivity index (χ0v) is 11.1. The van der Waals surface area contributed by atoms with Gasteiger partial charge in [0.15, 0.2) is 0 Å². The minimum Gasteiger partial charge on any atom is -0.317 e. The maximum atomic E-state index is 3.35. The second kappa shape index (κ2) is 9.85. The first-order chi connectivity index (χ1) is 6.74. The zero-order valence-electron chi connectivity index (χ0n) is 10.3. The fraction of sp³-hybridized carbons (Fsp3) is 1.00. The summed E-state index contributed by atoms with van der Waals surface area (Å²) < 4.78 is 0. The highest BCUT2D eigenvalue weighted by Gasteiger charge is 2.02. The van der Waals surface area contributed by atoms with Crippen LogP contribution in [0.1, 0.15) is 46.5 Å². The minimum atomic E-state index is 0.735. The van der Waals surface area contributed by atoms with Crippen LogP contribution in [0.5, 0.6) is 0 Å². The molecule has 2 atom stereocenters. The highest BCUT2D eigenvalue weighted by molar-refractivity contribution is 7.99. The normalized spacial score (nSPS) is 15.4. The highest BCUT2D eigenvalue weighted by atomic mass is 32.2. The van der Waals surface area contributed by atoms with Crippen LogP contribution in [-0.2, 0) is 0 Å². The quantitative estimate of drug-likeness (QED) is 0.593. The van der Waals surface area contributed by atoms with Crippen molar-refractivity contribution in [3.05, 3.63) is 0 Å². The Bertz CT molecular complexity index is 113. The summed E-state index contributed by atoms with van der Waals surface area (Å²) >= 11 is 2.12. The van der Waals surface area contributed by atoms with Crippen molar-refractivity contribution in [2.75, 3.05) is 18.6 Å². The molecule has 0 saturated carbocycles. The molecule has 14 heavy (non-hydrogen) atoms. The van der Waals surface area contributed by atoms with E-state index in [1.807, 2.05) is 0 Å². The Morgan fingerprint density at radius 1 is 1.21 bits per heavy atom. The fourth-order valence-electron chi connectivity index (χ4n) is 1.39. The standard InChI is InChI=1S/C12H27NS/c1-5-11(3)10-14-9-7-8-12(6-2)13-4/h11-13H,5-10H2,1-4H3. The number of hydrogen-bond acceptors (Lipinski definition) is 2. The van der Waals surface area contributed by atoms with Crippen molar-refractivity contribution >= 4 is 11.8 Å². The monoisotopic (exact) mass is 217 g/mol. The Hall–Kier alpha value is 0.310. The molecule has 0 aromatic heterocycles. The lowest BCUT2D eigenvalue weighted by atomic mass is 10.1. The Kier molecular flexibility index (Phi) is 10.1. The Morgan fingerprint density at radius 2 is 1.93 bits per heavy atom. The van der Waals surface area contributed by atoms with E-state index in [1.54, 1.807) is 0 Å². The molecule has 0 aromatic rings. The topological polar surface area (TPSA) is 12.0 Å². The van der Waals surface area contributed by atoms with E-state index in [1.165, 1.54) is 37.2 Å². The van der Waals surface area contributed by atoms with Gasteiger partial charge in [0.05, 0.1) is 0 Å². The van der Waals surface area contributed by atoms with Crippen molar-refractivity contribution in [1.29, 1.82) is 0 Å². The first-order valence-corrected chi connectivity index (χ1v) is 7.15. The molecule has 0 heterocycles. The van der Waals surface area contributed by atoms with E-state index < -0.39 is 0 Å². The van der Waals surface area contributed by atoms with Gasteiger partial charge in [-0.15, -0.1) is 0 Å². The van der Waals surface area contributed by atoms with Crippen LogP contribution in [0.4, 0.5) is 0 Å². The first-order valence-electron chi connectivity index (χ1n) is 5.99. The lowest BCUT2D eigenvalue weighted by Gasteiger charge is -2.13. The van der Waals surface area contributed by atoms with Gasteiger partial charge in [0.1, 0.15) is 0 Å². The molecule has 2 heteroatoms. The first kappa shape index (κ1) is 14.3. The highest BCUT2D eigenvalue weighted by Crippen LogP contribution is 2.13. The lowest BCUT2D eigenvalue weighted by Crippen LogP contribution is -2.24. The zero-order chi connectivity index (χ0) is 10.8. The van der Waals surface area contributed by atoms with Gasteiger partial charge in [0.25, 0.3) is 0 Å². The fourth-order valence-corrected chi connectivity index (χ4v) is 2.56. The lowest BCUT2D eigenvalue weighted by molar-refractivity contribution is 0.504. The van der Waals surface area contributed by atoms with E-state index in [-0.39, 0.29) is 0 Å². The van der Waals surface area contributed by atoms with E-state index in [0.717, 1.165) is 12.0 Å². The van der Waals surface area contributed by atoms with Crippen molar-refractivity contribution in [3.8, 4) is 0 Å². The molecule has 0 bridgehead atoms. The second-order valence-electron chi connectivity index (χ2n) is 4.12. The van der Waals surface area contributed by atoms with Crippen LogP contribution in [0.15, 0.2) is 0 Å². The van der Waals surface area contributed by atoms with Gasteiger partial charge < -0.3 is 5.32 Å². The number of hydrogen-bond donors (Lipinski definition) is 1. The van der Waals surface area contributed by atoms with Gasteiger partial charge in [-0.1, -0.05) is 27.2 Å². The predicted molar refractivity (Wildman–Crippen MR) is 69.2 cm³/mol. The van der Waals surface area contributed by atoms with E-state index in [4.69, 9.17) is 0 Å². The molecular formula is C12H27NS. The molecule has 0 amide bonds. The molecule has 0 aromatic carbocycles. The molecule has 0 fully saturated rings. The average Bonchev–Trinajstić information content (AvgIpc) is 2.23. The number of rotatable bonds is 9. The molecule has 86 valence electrons. The Balaban J connectivity index is 3.20.